The molecule has 2 aromatic rings. The second-order valence-corrected chi connectivity index (χ2v) is 8.61. The Hall–Kier alpha value is -2.81. The van der Waals surface area contributed by atoms with Crippen molar-refractivity contribution in [2.24, 2.45) is 0 Å². The van der Waals surface area contributed by atoms with Crippen molar-refractivity contribution >= 4 is 46.5 Å². The lowest BCUT2D eigenvalue weighted by molar-refractivity contribution is -0.137. The quantitative estimate of drug-likeness (QED) is 0.595. The van der Waals surface area contributed by atoms with Crippen LogP contribution in [-0.2, 0) is 20.9 Å². The molecule has 4 rings (SSSR count). The van der Waals surface area contributed by atoms with Crippen molar-refractivity contribution in [2.75, 3.05) is 32.9 Å². The summed E-state index contributed by atoms with van der Waals surface area (Å²) in [5.74, 6) is 0.122. The summed E-state index contributed by atoms with van der Waals surface area (Å²) in [7, 11) is 0. The van der Waals surface area contributed by atoms with Gasteiger partial charge in [0.05, 0.1) is 24.7 Å². The lowest BCUT2D eigenvalue weighted by Gasteiger charge is -2.26. The molecular formula is C23H21ClN2O5S. The first-order chi connectivity index (χ1) is 15.5. The van der Waals surface area contributed by atoms with Gasteiger partial charge in [0, 0.05) is 18.1 Å². The first-order valence-corrected chi connectivity index (χ1v) is 11.3. The maximum absolute atomic E-state index is 12.7. The molecule has 7 nitrogen and oxygen atoms in total. The van der Waals surface area contributed by atoms with Crippen LogP contribution >= 0.6 is 23.4 Å². The Labute approximate surface area is 194 Å². The molecule has 2 saturated heterocycles. The number of amides is 3. The Morgan fingerprint density at radius 3 is 2.53 bits per heavy atom. The Kier molecular flexibility index (Phi) is 7.14. The van der Waals surface area contributed by atoms with E-state index in [1.54, 1.807) is 53.4 Å². The molecule has 0 radical (unpaired) electrons. The number of rotatable bonds is 6. The number of thioether (sulfide) groups is 1. The Balaban J connectivity index is 1.36. The minimum atomic E-state index is -0.351. The molecule has 3 amide bonds. The third-order valence-corrected chi connectivity index (χ3v) is 6.34. The van der Waals surface area contributed by atoms with Gasteiger partial charge in [0.2, 0.25) is 0 Å². The van der Waals surface area contributed by atoms with Crippen LogP contribution in [0.15, 0.2) is 53.4 Å². The number of carbonyl (C=O) groups is 3. The molecule has 0 spiro atoms. The minimum absolute atomic E-state index is 0.0414. The number of imide groups is 1. The van der Waals surface area contributed by atoms with Crippen LogP contribution in [0.25, 0.3) is 6.08 Å². The summed E-state index contributed by atoms with van der Waals surface area (Å²) < 4.78 is 10.8. The summed E-state index contributed by atoms with van der Waals surface area (Å²) in [6.07, 6.45) is 1.67. The fourth-order valence-corrected chi connectivity index (χ4v) is 4.33. The molecule has 0 atom stereocenters. The number of hydrogen-bond donors (Lipinski definition) is 0. The molecule has 0 aromatic heterocycles. The van der Waals surface area contributed by atoms with Crippen molar-refractivity contribution < 1.29 is 23.9 Å². The SMILES string of the molecule is O=C(COc1ccc(/C=C2\SC(=O)N(Cc3ccccc3Cl)C2=O)cc1)N1CCOCC1. The van der Waals surface area contributed by atoms with E-state index in [0.717, 1.165) is 17.3 Å². The zero-order chi connectivity index (χ0) is 22.5. The van der Waals surface area contributed by atoms with Crippen LogP contribution in [0.1, 0.15) is 11.1 Å². The van der Waals surface area contributed by atoms with Crippen molar-refractivity contribution in [3.05, 3.63) is 69.6 Å². The van der Waals surface area contributed by atoms with E-state index in [1.165, 1.54) is 4.90 Å². The van der Waals surface area contributed by atoms with Gasteiger partial charge in [-0.15, -0.1) is 0 Å². The molecule has 0 saturated carbocycles. The number of carbonyl (C=O) groups excluding carboxylic acids is 3. The molecule has 0 N–H and O–H groups in total. The van der Waals surface area contributed by atoms with Crippen LogP contribution in [0.2, 0.25) is 5.02 Å². The fraction of sp³-hybridized carbons (Fsp3) is 0.261. The highest BCUT2D eigenvalue weighted by molar-refractivity contribution is 8.18. The third-order valence-electron chi connectivity index (χ3n) is 5.06. The van der Waals surface area contributed by atoms with E-state index in [4.69, 9.17) is 21.1 Å². The number of halogens is 1. The van der Waals surface area contributed by atoms with Crippen molar-refractivity contribution in [1.82, 2.24) is 9.80 Å². The van der Waals surface area contributed by atoms with Gasteiger partial charge in [-0.25, -0.2) is 0 Å². The maximum Gasteiger partial charge on any atom is 0.293 e. The van der Waals surface area contributed by atoms with E-state index >= 15 is 0 Å². The second-order valence-electron chi connectivity index (χ2n) is 7.21. The van der Waals surface area contributed by atoms with Crippen LogP contribution in [0.3, 0.4) is 0 Å². The Morgan fingerprint density at radius 2 is 1.81 bits per heavy atom. The van der Waals surface area contributed by atoms with Gasteiger partial charge in [-0.3, -0.25) is 19.3 Å². The van der Waals surface area contributed by atoms with Gasteiger partial charge in [-0.1, -0.05) is 41.9 Å². The smallest absolute Gasteiger partial charge is 0.293 e. The monoisotopic (exact) mass is 472 g/mol. The van der Waals surface area contributed by atoms with E-state index in [9.17, 15) is 14.4 Å². The van der Waals surface area contributed by atoms with Crippen molar-refractivity contribution in [3.63, 3.8) is 0 Å². The molecule has 2 heterocycles. The molecule has 2 fully saturated rings. The van der Waals surface area contributed by atoms with E-state index in [1.807, 2.05) is 6.07 Å². The summed E-state index contributed by atoms with van der Waals surface area (Å²) in [6, 6.07) is 14.1. The van der Waals surface area contributed by atoms with Crippen LogP contribution in [0.5, 0.6) is 5.75 Å². The number of ether oxygens (including phenoxy) is 2. The highest BCUT2D eigenvalue weighted by Crippen LogP contribution is 2.34. The summed E-state index contributed by atoms with van der Waals surface area (Å²) in [5, 5.41) is 0.181. The lowest BCUT2D eigenvalue weighted by atomic mass is 10.2. The normalized spacial score (nSPS) is 17.8. The molecule has 2 aliphatic rings. The molecule has 0 aliphatic carbocycles. The standard InChI is InChI=1S/C23H21ClN2O5S/c24-19-4-2-1-3-17(19)14-26-22(28)20(32-23(26)29)13-16-5-7-18(8-6-16)31-15-21(27)25-9-11-30-12-10-25/h1-8,13H,9-12,14-15H2/b20-13-. The molecule has 2 aromatic carbocycles. The summed E-state index contributed by atoms with van der Waals surface area (Å²) in [6.45, 7) is 2.33. The summed E-state index contributed by atoms with van der Waals surface area (Å²) in [5.41, 5.74) is 1.46. The fourth-order valence-electron chi connectivity index (χ4n) is 3.29. The van der Waals surface area contributed by atoms with Gasteiger partial charge in [0.1, 0.15) is 5.75 Å². The number of benzene rings is 2. The lowest BCUT2D eigenvalue weighted by Crippen LogP contribution is -2.42. The van der Waals surface area contributed by atoms with Crippen LogP contribution in [0.4, 0.5) is 4.79 Å². The van der Waals surface area contributed by atoms with Gasteiger partial charge < -0.3 is 14.4 Å². The van der Waals surface area contributed by atoms with Crippen LogP contribution < -0.4 is 4.74 Å². The highest BCUT2D eigenvalue weighted by atomic mass is 35.5. The predicted molar refractivity (Wildman–Crippen MR) is 122 cm³/mol. The molecule has 2 aliphatic heterocycles. The number of morpholine rings is 1. The largest absolute Gasteiger partial charge is 0.484 e. The van der Waals surface area contributed by atoms with E-state index in [0.29, 0.717) is 47.5 Å². The first-order valence-electron chi connectivity index (χ1n) is 10.1. The Morgan fingerprint density at radius 1 is 1.09 bits per heavy atom. The van der Waals surface area contributed by atoms with Crippen molar-refractivity contribution in [3.8, 4) is 5.75 Å². The highest BCUT2D eigenvalue weighted by Gasteiger charge is 2.35. The minimum Gasteiger partial charge on any atom is -0.484 e. The van der Waals surface area contributed by atoms with Crippen molar-refractivity contribution in [1.29, 1.82) is 0 Å². The number of hydrogen-bond acceptors (Lipinski definition) is 6. The first kappa shape index (κ1) is 22.4. The molecule has 0 bridgehead atoms. The average Bonchev–Trinajstić information content (AvgIpc) is 3.07. The molecule has 32 heavy (non-hydrogen) atoms. The second kappa shape index (κ2) is 10.2. The van der Waals surface area contributed by atoms with Gasteiger partial charge >= 0.3 is 0 Å². The zero-order valence-corrected chi connectivity index (χ0v) is 18.7. The Bertz CT molecular complexity index is 1050. The summed E-state index contributed by atoms with van der Waals surface area (Å²) >= 11 is 7.06. The van der Waals surface area contributed by atoms with Gasteiger partial charge in [-0.2, -0.15) is 0 Å². The topological polar surface area (TPSA) is 76.2 Å². The molecule has 166 valence electrons. The van der Waals surface area contributed by atoms with E-state index in [2.05, 4.69) is 0 Å². The van der Waals surface area contributed by atoms with E-state index in [-0.39, 0.29) is 30.2 Å². The third kappa shape index (κ3) is 5.32. The van der Waals surface area contributed by atoms with Crippen LogP contribution in [0, 0.1) is 0 Å². The molecule has 0 unspecified atom stereocenters. The maximum atomic E-state index is 12.7. The molecular weight excluding hydrogens is 452 g/mol. The van der Waals surface area contributed by atoms with E-state index < -0.39 is 0 Å². The summed E-state index contributed by atoms with van der Waals surface area (Å²) in [4.78, 5) is 40.5. The predicted octanol–water partition coefficient (Wildman–Crippen LogP) is 3.81. The van der Waals surface area contributed by atoms with Crippen LogP contribution in [-0.4, -0.2) is 59.8 Å². The van der Waals surface area contributed by atoms with Gasteiger partial charge in [0.15, 0.2) is 6.61 Å². The average molecular weight is 473 g/mol. The number of nitrogens with zero attached hydrogens (tertiary/aromatic N) is 2. The van der Waals surface area contributed by atoms with Gasteiger partial charge in [-0.05, 0) is 47.2 Å². The van der Waals surface area contributed by atoms with Crippen molar-refractivity contribution in [2.45, 2.75) is 6.54 Å². The molecule has 9 heteroatoms. The van der Waals surface area contributed by atoms with Gasteiger partial charge in [0.25, 0.3) is 17.1 Å². The zero-order valence-electron chi connectivity index (χ0n) is 17.2.